The molecule has 0 fully saturated rings. The molecule has 0 aliphatic heterocycles. The molecule has 0 saturated heterocycles. The molecule has 2 heterocycles. The van der Waals surface area contributed by atoms with Crippen LogP contribution in [0.4, 0.5) is 0 Å². The number of carbonyl (C=O) groups is 1. The number of rotatable bonds is 2. The van der Waals surface area contributed by atoms with Gasteiger partial charge >= 0.3 is 0 Å². The predicted molar refractivity (Wildman–Crippen MR) is 55.3 cm³/mol. The highest BCUT2D eigenvalue weighted by atomic mass is 32.1. The van der Waals surface area contributed by atoms with E-state index in [-0.39, 0.29) is 11.6 Å². The van der Waals surface area contributed by atoms with Gasteiger partial charge in [-0.15, -0.1) is 0 Å². The molecular weight excluding hydrogens is 196 g/mol. The zero-order valence-corrected chi connectivity index (χ0v) is 8.41. The first kappa shape index (κ1) is 9.02. The van der Waals surface area contributed by atoms with E-state index in [9.17, 15) is 4.79 Å². The maximum absolute atomic E-state index is 11.0. The van der Waals surface area contributed by atoms with Crippen molar-refractivity contribution in [2.24, 2.45) is 0 Å². The Morgan fingerprint density at radius 3 is 2.93 bits per heavy atom. The van der Waals surface area contributed by atoms with Crippen LogP contribution in [0, 0.1) is 0 Å². The lowest BCUT2D eigenvalue weighted by atomic mass is 10.2. The molecule has 0 aliphatic rings. The van der Waals surface area contributed by atoms with Gasteiger partial charge in [0, 0.05) is 24.1 Å². The van der Waals surface area contributed by atoms with Gasteiger partial charge in [0.05, 0.1) is 5.69 Å². The number of Topliss-reactive ketones (excluding diaryl/α,β-unsaturated/α-hetero) is 1. The summed E-state index contributed by atoms with van der Waals surface area (Å²) in [6.45, 7) is 1.47. The molecule has 2 aromatic heterocycles. The number of nitrogens with zero attached hydrogens (tertiary/aromatic N) is 2. The maximum atomic E-state index is 11.0. The van der Waals surface area contributed by atoms with Crippen molar-refractivity contribution in [3.63, 3.8) is 0 Å². The van der Waals surface area contributed by atoms with Gasteiger partial charge in [0.2, 0.25) is 0 Å². The molecule has 0 radical (unpaired) electrons. The summed E-state index contributed by atoms with van der Waals surface area (Å²) in [4.78, 5) is 19.1. The van der Waals surface area contributed by atoms with E-state index in [2.05, 4.69) is 9.97 Å². The zero-order chi connectivity index (χ0) is 9.97. The van der Waals surface area contributed by atoms with Gasteiger partial charge in [0.25, 0.3) is 0 Å². The van der Waals surface area contributed by atoms with Crippen LogP contribution in [0.2, 0.25) is 0 Å². The van der Waals surface area contributed by atoms with Gasteiger partial charge in [-0.25, -0.2) is 9.97 Å². The Hall–Kier alpha value is -1.55. The molecule has 0 amide bonds. The quantitative estimate of drug-likeness (QED) is 0.705. The summed E-state index contributed by atoms with van der Waals surface area (Å²) in [5.74, 6) is 0.163. The molecule has 0 saturated carbocycles. The third kappa shape index (κ3) is 1.70. The van der Waals surface area contributed by atoms with E-state index in [0.29, 0.717) is 0 Å². The van der Waals surface area contributed by atoms with Gasteiger partial charge in [-0.1, -0.05) is 0 Å². The fourth-order valence-corrected chi connectivity index (χ4v) is 1.75. The van der Waals surface area contributed by atoms with Crippen LogP contribution in [0.3, 0.4) is 0 Å². The molecule has 14 heavy (non-hydrogen) atoms. The lowest BCUT2D eigenvalue weighted by Crippen LogP contribution is -2.00. The molecule has 0 N–H and O–H groups in total. The van der Waals surface area contributed by atoms with Crippen molar-refractivity contribution < 1.29 is 4.79 Å². The molecule has 2 aromatic rings. The topological polar surface area (TPSA) is 42.9 Å². The fraction of sp³-hybridized carbons (Fsp3) is 0.100. The summed E-state index contributed by atoms with van der Waals surface area (Å²) in [5.41, 5.74) is 1.83. The van der Waals surface area contributed by atoms with Gasteiger partial charge in [-0.2, -0.15) is 11.3 Å². The minimum Gasteiger partial charge on any atom is -0.291 e. The minimum atomic E-state index is -0.109. The standard InChI is InChI=1S/C10H8N2OS/c1-7(13)10-11-4-2-9(12-10)8-3-5-14-6-8/h2-6H,1H3. The van der Waals surface area contributed by atoms with E-state index >= 15 is 0 Å². The smallest absolute Gasteiger partial charge is 0.196 e. The van der Waals surface area contributed by atoms with Gasteiger partial charge in [-0.3, -0.25) is 4.79 Å². The van der Waals surface area contributed by atoms with Crippen molar-refractivity contribution in [1.29, 1.82) is 0 Å². The van der Waals surface area contributed by atoms with E-state index < -0.39 is 0 Å². The van der Waals surface area contributed by atoms with Crippen LogP contribution >= 0.6 is 11.3 Å². The van der Waals surface area contributed by atoms with Crippen molar-refractivity contribution >= 4 is 17.1 Å². The van der Waals surface area contributed by atoms with Crippen LogP contribution in [0.5, 0.6) is 0 Å². The highest BCUT2D eigenvalue weighted by Crippen LogP contribution is 2.19. The summed E-state index contributed by atoms with van der Waals surface area (Å²) >= 11 is 1.60. The molecule has 70 valence electrons. The Labute approximate surface area is 85.5 Å². The van der Waals surface area contributed by atoms with Crippen molar-refractivity contribution in [2.45, 2.75) is 6.92 Å². The molecule has 0 spiro atoms. The fourth-order valence-electron chi connectivity index (χ4n) is 1.10. The Morgan fingerprint density at radius 1 is 1.43 bits per heavy atom. The number of carbonyl (C=O) groups excluding carboxylic acids is 1. The number of hydrogen-bond donors (Lipinski definition) is 0. The van der Waals surface area contributed by atoms with Crippen molar-refractivity contribution in [3.05, 3.63) is 34.9 Å². The second-order valence-electron chi connectivity index (χ2n) is 2.83. The number of hydrogen-bond acceptors (Lipinski definition) is 4. The van der Waals surface area contributed by atoms with E-state index in [1.165, 1.54) is 6.92 Å². The first-order valence-electron chi connectivity index (χ1n) is 4.14. The van der Waals surface area contributed by atoms with E-state index in [1.54, 1.807) is 23.6 Å². The van der Waals surface area contributed by atoms with Gasteiger partial charge in [0.1, 0.15) is 0 Å². The largest absolute Gasteiger partial charge is 0.291 e. The Balaban J connectivity index is 2.46. The van der Waals surface area contributed by atoms with Gasteiger partial charge in [-0.05, 0) is 17.5 Å². The molecule has 0 aliphatic carbocycles. The molecule has 2 rings (SSSR count). The monoisotopic (exact) mass is 204 g/mol. The number of aromatic nitrogens is 2. The number of ketones is 1. The van der Waals surface area contributed by atoms with Crippen LogP contribution in [0.25, 0.3) is 11.3 Å². The van der Waals surface area contributed by atoms with E-state index in [4.69, 9.17) is 0 Å². The summed E-state index contributed by atoms with van der Waals surface area (Å²) < 4.78 is 0. The van der Waals surface area contributed by atoms with Gasteiger partial charge in [0.15, 0.2) is 11.6 Å². The lowest BCUT2D eigenvalue weighted by Gasteiger charge is -1.97. The third-order valence-corrected chi connectivity index (χ3v) is 2.47. The van der Waals surface area contributed by atoms with E-state index in [0.717, 1.165) is 11.3 Å². The Bertz CT molecular complexity index is 451. The van der Waals surface area contributed by atoms with Crippen molar-refractivity contribution in [1.82, 2.24) is 9.97 Å². The van der Waals surface area contributed by atoms with Crippen LogP contribution in [-0.4, -0.2) is 15.8 Å². The third-order valence-electron chi connectivity index (χ3n) is 1.79. The Morgan fingerprint density at radius 2 is 2.29 bits per heavy atom. The molecule has 4 heteroatoms. The summed E-state index contributed by atoms with van der Waals surface area (Å²) in [5, 5.41) is 3.97. The van der Waals surface area contributed by atoms with Crippen molar-refractivity contribution in [3.8, 4) is 11.3 Å². The average molecular weight is 204 g/mol. The molecule has 0 bridgehead atoms. The molecule has 0 aromatic carbocycles. The molecular formula is C10H8N2OS. The van der Waals surface area contributed by atoms with E-state index in [1.807, 2.05) is 16.8 Å². The zero-order valence-electron chi connectivity index (χ0n) is 7.60. The van der Waals surface area contributed by atoms with Crippen LogP contribution < -0.4 is 0 Å². The SMILES string of the molecule is CC(=O)c1nccc(-c2ccsc2)n1. The second-order valence-corrected chi connectivity index (χ2v) is 3.61. The average Bonchev–Trinajstić information content (AvgIpc) is 2.71. The van der Waals surface area contributed by atoms with Gasteiger partial charge < -0.3 is 0 Å². The normalized spacial score (nSPS) is 10.1. The van der Waals surface area contributed by atoms with Crippen LogP contribution in [0.1, 0.15) is 17.5 Å². The minimum absolute atomic E-state index is 0.109. The summed E-state index contributed by atoms with van der Waals surface area (Å²) in [6.07, 6.45) is 1.61. The first-order valence-corrected chi connectivity index (χ1v) is 5.08. The second kappa shape index (κ2) is 3.67. The highest BCUT2D eigenvalue weighted by molar-refractivity contribution is 7.08. The highest BCUT2D eigenvalue weighted by Gasteiger charge is 2.05. The van der Waals surface area contributed by atoms with Crippen LogP contribution in [0.15, 0.2) is 29.1 Å². The molecule has 3 nitrogen and oxygen atoms in total. The first-order chi connectivity index (χ1) is 6.77. The summed E-state index contributed by atoms with van der Waals surface area (Å²) in [6, 6.07) is 3.77. The van der Waals surface area contributed by atoms with Crippen LogP contribution in [-0.2, 0) is 0 Å². The molecule has 0 atom stereocenters. The number of thiophene rings is 1. The summed E-state index contributed by atoms with van der Waals surface area (Å²) in [7, 11) is 0. The van der Waals surface area contributed by atoms with Crippen molar-refractivity contribution in [2.75, 3.05) is 0 Å². The Kier molecular flexibility index (Phi) is 2.37. The lowest BCUT2D eigenvalue weighted by molar-refractivity contribution is 0.100. The maximum Gasteiger partial charge on any atom is 0.196 e. The molecule has 0 unspecified atom stereocenters. The predicted octanol–water partition coefficient (Wildman–Crippen LogP) is 2.41.